The molecule has 0 radical (unpaired) electrons. The van der Waals surface area contributed by atoms with Crippen molar-refractivity contribution in [1.29, 1.82) is 0 Å². The van der Waals surface area contributed by atoms with Crippen molar-refractivity contribution in [2.45, 2.75) is 6.92 Å². The molecule has 7 heteroatoms. The molecule has 0 bridgehead atoms. The number of hydrogen-bond donors (Lipinski definition) is 1. The zero-order valence-corrected chi connectivity index (χ0v) is 13.8. The van der Waals surface area contributed by atoms with Gasteiger partial charge in [0, 0.05) is 44.1 Å². The summed E-state index contributed by atoms with van der Waals surface area (Å²) in [5, 5.41) is 0. The van der Waals surface area contributed by atoms with Gasteiger partial charge in [-0.05, 0) is 25.1 Å². The van der Waals surface area contributed by atoms with Gasteiger partial charge in [-0.25, -0.2) is 4.98 Å². The molecule has 1 fully saturated rings. The number of aromatic nitrogens is 2. The van der Waals surface area contributed by atoms with Crippen LogP contribution in [0.1, 0.15) is 16.1 Å². The molecule has 3 heterocycles. The fraction of sp³-hybridized carbons (Fsp3) is 0.353. The van der Waals surface area contributed by atoms with E-state index in [-0.39, 0.29) is 17.0 Å². The summed E-state index contributed by atoms with van der Waals surface area (Å²) in [6, 6.07) is 7.01. The smallest absolute Gasteiger partial charge is 0.260 e. The van der Waals surface area contributed by atoms with Gasteiger partial charge in [-0.2, -0.15) is 0 Å². The Morgan fingerprint density at radius 1 is 1.21 bits per heavy atom. The van der Waals surface area contributed by atoms with E-state index in [9.17, 15) is 9.59 Å². The van der Waals surface area contributed by atoms with Crippen LogP contribution in [-0.2, 0) is 0 Å². The lowest BCUT2D eigenvalue weighted by atomic mass is 10.2. The van der Waals surface area contributed by atoms with Crippen LogP contribution in [0, 0.1) is 6.92 Å². The van der Waals surface area contributed by atoms with E-state index in [4.69, 9.17) is 4.74 Å². The number of pyridine rings is 2. The van der Waals surface area contributed by atoms with Gasteiger partial charge < -0.3 is 19.5 Å². The molecule has 2 aromatic rings. The first kappa shape index (κ1) is 16.0. The van der Waals surface area contributed by atoms with E-state index < -0.39 is 0 Å². The van der Waals surface area contributed by atoms with Gasteiger partial charge in [0.25, 0.3) is 11.5 Å². The maximum atomic E-state index is 12.5. The number of aromatic amines is 1. The molecule has 2 aromatic heterocycles. The normalized spacial score (nSPS) is 14.6. The maximum absolute atomic E-state index is 12.5. The van der Waals surface area contributed by atoms with Crippen LogP contribution >= 0.6 is 0 Å². The van der Waals surface area contributed by atoms with Crippen LogP contribution in [0.3, 0.4) is 0 Å². The molecule has 126 valence electrons. The zero-order valence-electron chi connectivity index (χ0n) is 13.8. The van der Waals surface area contributed by atoms with Crippen LogP contribution in [0.4, 0.5) is 5.82 Å². The van der Waals surface area contributed by atoms with E-state index in [0.29, 0.717) is 26.2 Å². The average Bonchev–Trinajstić information content (AvgIpc) is 2.61. The molecule has 1 amide bonds. The summed E-state index contributed by atoms with van der Waals surface area (Å²) >= 11 is 0. The molecule has 1 aliphatic rings. The zero-order chi connectivity index (χ0) is 17.1. The molecule has 1 saturated heterocycles. The number of ether oxygens (including phenoxy) is 1. The van der Waals surface area contributed by atoms with Crippen molar-refractivity contribution in [2.75, 3.05) is 38.2 Å². The standard InChI is InChI=1S/C17H20N4O3/c1-12-3-4-14(16(22)19-12)17(23)21-9-7-20(8-10-21)15-11-13(24-2)5-6-18-15/h3-6,11H,7-10H2,1-2H3,(H,19,22). The van der Waals surface area contributed by atoms with Crippen molar-refractivity contribution in [2.24, 2.45) is 0 Å². The Hall–Kier alpha value is -2.83. The van der Waals surface area contributed by atoms with Gasteiger partial charge in [0.1, 0.15) is 17.1 Å². The molecule has 0 aliphatic carbocycles. The van der Waals surface area contributed by atoms with E-state index in [0.717, 1.165) is 17.3 Å². The number of aryl methyl sites for hydroxylation is 1. The van der Waals surface area contributed by atoms with Gasteiger partial charge in [0.2, 0.25) is 0 Å². The predicted molar refractivity (Wildman–Crippen MR) is 90.7 cm³/mol. The van der Waals surface area contributed by atoms with Gasteiger partial charge in [-0.3, -0.25) is 9.59 Å². The second-order valence-electron chi connectivity index (χ2n) is 5.72. The molecule has 0 atom stereocenters. The minimum absolute atomic E-state index is 0.188. The number of nitrogens with zero attached hydrogens (tertiary/aromatic N) is 3. The minimum Gasteiger partial charge on any atom is -0.497 e. The van der Waals surface area contributed by atoms with Crippen molar-refractivity contribution >= 4 is 11.7 Å². The minimum atomic E-state index is -0.336. The Morgan fingerprint density at radius 3 is 2.62 bits per heavy atom. The highest BCUT2D eigenvalue weighted by Gasteiger charge is 2.24. The summed E-state index contributed by atoms with van der Waals surface area (Å²) in [7, 11) is 1.62. The lowest BCUT2D eigenvalue weighted by Crippen LogP contribution is -2.49. The number of carbonyl (C=O) groups excluding carboxylic acids is 1. The Bertz CT molecular complexity index is 794. The quantitative estimate of drug-likeness (QED) is 0.911. The summed E-state index contributed by atoms with van der Waals surface area (Å²) in [4.78, 5) is 35.3. The third kappa shape index (κ3) is 3.24. The highest BCUT2D eigenvalue weighted by atomic mass is 16.5. The van der Waals surface area contributed by atoms with E-state index >= 15 is 0 Å². The molecular weight excluding hydrogens is 308 g/mol. The van der Waals surface area contributed by atoms with Crippen LogP contribution < -0.4 is 15.2 Å². The van der Waals surface area contributed by atoms with Gasteiger partial charge in [0.05, 0.1) is 7.11 Å². The summed E-state index contributed by atoms with van der Waals surface area (Å²) in [5.74, 6) is 1.36. The van der Waals surface area contributed by atoms with E-state index in [2.05, 4.69) is 14.9 Å². The topological polar surface area (TPSA) is 78.5 Å². The molecule has 3 rings (SSSR count). The lowest BCUT2D eigenvalue weighted by molar-refractivity contribution is 0.0744. The predicted octanol–water partition coefficient (Wildman–Crippen LogP) is 1.05. The first-order valence-corrected chi connectivity index (χ1v) is 7.82. The van der Waals surface area contributed by atoms with Crippen LogP contribution in [0.5, 0.6) is 5.75 Å². The maximum Gasteiger partial charge on any atom is 0.260 e. The molecular formula is C17H20N4O3. The monoisotopic (exact) mass is 328 g/mol. The molecule has 7 nitrogen and oxygen atoms in total. The van der Waals surface area contributed by atoms with Crippen LogP contribution in [0.25, 0.3) is 0 Å². The van der Waals surface area contributed by atoms with E-state index in [1.807, 2.05) is 6.07 Å². The summed E-state index contributed by atoms with van der Waals surface area (Å²) in [6.45, 7) is 4.21. The Morgan fingerprint density at radius 2 is 1.96 bits per heavy atom. The molecule has 1 N–H and O–H groups in total. The fourth-order valence-corrected chi connectivity index (χ4v) is 2.75. The van der Waals surface area contributed by atoms with Gasteiger partial charge in [0.15, 0.2) is 0 Å². The molecule has 24 heavy (non-hydrogen) atoms. The number of piperazine rings is 1. The SMILES string of the molecule is COc1ccnc(N2CCN(C(=O)c3ccc(C)[nH]c3=O)CC2)c1. The number of H-pyrrole nitrogens is 1. The fourth-order valence-electron chi connectivity index (χ4n) is 2.75. The van der Waals surface area contributed by atoms with Gasteiger partial charge in [-0.1, -0.05) is 0 Å². The lowest BCUT2D eigenvalue weighted by Gasteiger charge is -2.35. The number of carbonyl (C=O) groups is 1. The number of nitrogens with one attached hydrogen (secondary N) is 1. The molecule has 0 spiro atoms. The van der Waals surface area contributed by atoms with Crippen LogP contribution in [-0.4, -0.2) is 54.1 Å². The Kier molecular flexibility index (Phi) is 4.50. The van der Waals surface area contributed by atoms with Gasteiger partial charge >= 0.3 is 0 Å². The summed E-state index contributed by atoms with van der Waals surface area (Å²) in [5.41, 5.74) is 0.593. The summed E-state index contributed by atoms with van der Waals surface area (Å²) in [6.07, 6.45) is 1.71. The number of amides is 1. The van der Waals surface area contributed by atoms with E-state index in [1.165, 1.54) is 0 Å². The van der Waals surface area contributed by atoms with Crippen LogP contribution in [0.2, 0.25) is 0 Å². The highest BCUT2D eigenvalue weighted by Crippen LogP contribution is 2.19. The molecule has 0 aromatic carbocycles. The molecule has 0 unspecified atom stereocenters. The van der Waals surface area contributed by atoms with Crippen LogP contribution in [0.15, 0.2) is 35.3 Å². The Labute approximate surface area is 139 Å². The van der Waals surface area contributed by atoms with Crippen molar-refractivity contribution in [3.8, 4) is 5.75 Å². The van der Waals surface area contributed by atoms with Crippen molar-refractivity contribution in [3.05, 3.63) is 52.1 Å². The first-order chi connectivity index (χ1) is 11.6. The summed E-state index contributed by atoms with van der Waals surface area (Å²) < 4.78 is 5.22. The number of rotatable bonds is 3. The number of methoxy groups -OCH3 is 1. The third-order valence-electron chi connectivity index (χ3n) is 4.13. The number of hydrogen-bond acceptors (Lipinski definition) is 5. The molecule has 0 saturated carbocycles. The molecule has 1 aliphatic heterocycles. The second-order valence-corrected chi connectivity index (χ2v) is 5.72. The largest absolute Gasteiger partial charge is 0.497 e. The average molecular weight is 328 g/mol. The highest BCUT2D eigenvalue weighted by molar-refractivity contribution is 5.94. The van der Waals surface area contributed by atoms with E-state index in [1.54, 1.807) is 43.3 Å². The van der Waals surface area contributed by atoms with Crippen molar-refractivity contribution in [1.82, 2.24) is 14.9 Å². The third-order valence-corrected chi connectivity index (χ3v) is 4.13. The Balaban J connectivity index is 1.68. The second kappa shape index (κ2) is 6.74. The van der Waals surface area contributed by atoms with Crippen molar-refractivity contribution < 1.29 is 9.53 Å². The van der Waals surface area contributed by atoms with Crippen molar-refractivity contribution in [3.63, 3.8) is 0 Å². The first-order valence-electron chi connectivity index (χ1n) is 7.82. The van der Waals surface area contributed by atoms with Gasteiger partial charge in [-0.15, -0.1) is 0 Å². The number of anilines is 1.